The van der Waals surface area contributed by atoms with Crippen LogP contribution in [0.3, 0.4) is 0 Å². The second-order valence-electron chi connectivity index (χ2n) is 11.6. The summed E-state index contributed by atoms with van der Waals surface area (Å²) in [6.07, 6.45) is 1.90. The van der Waals surface area contributed by atoms with Crippen LogP contribution < -0.4 is 20.1 Å². The summed E-state index contributed by atoms with van der Waals surface area (Å²) in [6.45, 7) is 5.44. The molecule has 2 fully saturated rings. The number of hydrogen-bond acceptors (Lipinski definition) is 8. The molecule has 0 radical (unpaired) electrons. The van der Waals surface area contributed by atoms with E-state index in [1.165, 1.54) is 0 Å². The van der Waals surface area contributed by atoms with Crippen molar-refractivity contribution >= 4 is 39.1 Å². The first kappa shape index (κ1) is 27.5. The Labute approximate surface area is 247 Å². The molecule has 0 bridgehead atoms. The SMILES string of the molecule is C[C@H]1CCNCCNc2nc(OCC34CCCN3C[C@H](F)C4)nc3c(F)c(-c4cccc5cccc(Cl)c45)nc(c23)O1. The number of fused-ring (bicyclic) bond motifs is 2. The van der Waals surface area contributed by atoms with Gasteiger partial charge in [0.25, 0.3) is 0 Å². The van der Waals surface area contributed by atoms with Crippen LogP contribution in [-0.2, 0) is 0 Å². The molecular weight excluding hydrogens is 562 g/mol. The van der Waals surface area contributed by atoms with Crippen molar-refractivity contribution in [3.05, 3.63) is 47.2 Å². The Morgan fingerprint density at radius 3 is 2.86 bits per heavy atom. The van der Waals surface area contributed by atoms with Crippen LogP contribution in [0.1, 0.15) is 32.6 Å². The first-order valence-corrected chi connectivity index (χ1v) is 15.0. The number of pyridine rings is 1. The first-order valence-electron chi connectivity index (χ1n) is 14.6. The van der Waals surface area contributed by atoms with Gasteiger partial charge in [-0.25, -0.2) is 13.8 Å². The number of ether oxygens (including phenoxy) is 2. The zero-order valence-corrected chi connectivity index (χ0v) is 24.2. The molecule has 2 aromatic heterocycles. The van der Waals surface area contributed by atoms with E-state index >= 15 is 4.39 Å². The molecule has 0 aliphatic carbocycles. The molecule has 5 heterocycles. The molecule has 0 spiro atoms. The van der Waals surface area contributed by atoms with E-state index in [-0.39, 0.29) is 41.4 Å². The molecule has 220 valence electrons. The van der Waals surface area contributed by atoms with Gasteiger partial charge in [-0.15, -0.1) is 0 Å². The van der Waals surface area contributed by atoms with Gasteiger partial charge in [0, 0.05) is 42.0 Å². The van der Waals surface area contributed by atoms with E-state index in [4.69, 9.17) is 26.1 Å². The van der Waals surface area contributed by atoms with Crippen molar-refractivity contribution in [1.82, 2.24) is 25.2 Å². The van der Waals surface area contributed by atoms with Gasteiger partial charge in [-0.1, -0.05) is 41.9 Å². The van der Waals surface area contributed by atoms with Crippen molar-refractivity contribution in [2.45, 2.75) is 50.4 Å². The average Bonchev–Trinajstić information content (AvgIpc) is 3.49. The molecule has 4 aromatic rings. The summed E-state index contributed by atoms with van der Waals surface area (Å²) >= 11 is 6.63. The van der Waals surface area contributed by atoms with Crippen LogP contribution in [0.5, 0.6) is 11.9 Å². The highest BCUT2D eigenvalue weighted by Gasteiger charge is 2.49. The minimum absolute atomic E-state index is 0.0300. The molecule has 2 N–H and O–H groups in total. The van der Waals surface area contributed by atoms with Crippen LogP contribution in [-0.4, -0.2) is 77.0 Å². The topological polar surface area (TPSA) is 84.4 Å². The number of benzene rings is 2. The van der Waals surface area contributed by atoms with E-state index in [0.29, 0.717) is 53.2 Å². The lowest BCUT2D eigenvalue weighted by atomic mass is 9.95. The number of rotatable bonds is 4. The predicted octanol–water partition coefficient (Wildman–Crippen LogP) is 5.77. The summed E-state index contributed by atoms with van der Waals surface area (Å²) in [4.78, 5) is 16.2. The predicted molar refractivity (Wildman–Crippen MR) is 160 cm³/mol. The summed E-state index contributed by atoms with van der Waals surface area (Å²) in [5, 5.41) is 9.11. The maximum atomic E-state index is 16.7. The lowest BCUT2D eigenvalue weighted by molar-refractivity contribution is 0.107. The highest BCUT2D eigenvalue weighted by Crippen LogP contribution is 2.42. The fourth-order valence-electron chi connectivity index (χ4n) is 6.67. The first-order chi connectivity index (χ1) is 20.4. The Balaban J connectivity index is 1.39. The number of halogens is 3. The number of hydrogen-bond donors (Lipinski definition) is 2. The minimum atomic E-state index is -0.883. The number of alkyl halides is 1. The van der Waals surface area contributed by atoms with E-state index in [1.54, 1.807) is 12.1 Å². The van der Waals surface area contributed by atoms with Gasteiger partial charge in [-0.3, -0.25) is 4.90 Å². The van der Waals surface area contributed by atoms with Crippen LogP contribution in [0, 0.1) is 5.82 Å². The molecule has 3 aliphatic heterocycles. The van der Waals surface area contributed by atoms with Gasteiger partial charge in [-0.2, -0.15) is 9.97 Å². The third-order valence-corrected chi connectivity index (χ3v) is 9.02. The van der Waals surface area contributed by atoms with Crippen LogP contribution in [0.2, 0.25) is 5.02 Å². The quantitative estimate of drug-likeness (QED) is 0.308. The summed E-state index contributed by atoms with van der Waals surface area (Å²) in [7, 11) is 0. The van der Waals surface area contributed by atoms with E-state index in [9.17, 15) is 4.39 Å². The van der Waals surface area contributed by atoms with Crippen molar-refractivity contribution in [3.8, 4) is 23.1 Å². The lowest BCUT2D eigenvalue weighted by Crippen LogP contribution is -2.43. The van der Waals surface area contributed by atoms with E-state index in [0.717, 1.165) is 37.7 Å². The number of nitrogens with one attached hydrogen (secondary N) is 2. The maximum absolute atomic E-state index is 16.7. The zero-order chi connectivity index (χ0) is 28.8. The molecule has 8 nitrogen and oxygen atoms in total. The summed E-state index contributed by atoms with van der Waals surface area (Å²) in [5.41, 5.74) is 0.279. The van der Waals surface area contributed by atoms with Crippen LogP contribution in [0.4, 0.5) is 14.6 Å². The van der Waals surface area contributed by atoms with Gasteiger partial charge in [0.05, 0.1) is 11.6 Å². The zero-order valence-electron chi connectivity index (χ0n) is 23.4. The van der Waals surface area contributed by atoms with Gasteiger partial charge < -0.3 is 20.1 Å². The molecular formula is C31H33ClF2N6O2. The van der Waals surface area contributed by atoms with Gasteiger partial charge >= 0.3 is 6.01 Å². The highest BCUT2D eigenvalue weighted by molar-refractivity contribution is 6.36. The molecule has 3 aliphatic rings. The molecule has 11 heteroatoms. The summed E-state index contributed by atoms with van der Waals surface area (Å²) < 4.78 is 43.6. The molecule has 3 atom stereocenters. The number of nitrogens with zero attached hydrogens (tertiary/aromatic N) is 4. The van der Waals surface area contributed by atoms with E-state index in [1.807, 2.05) is 31.2 Å². The van der Waals surface area contributed by atoms with Crippen molar-refractivity contribution in [3.63, 3.8) is 0 Å². The van der Waals surface area contributed by atoms with Crippen LogP contribution in [0.25, 0.3) is 32.9 Å². The van der Waals surface area contributed by atoms with Crippen molar-refractivity contribution in [2.24, 2.45) is 0 Å². The molecule has 1 unspecified atom stereocenters. The Kier molecular flexibility index (Phi) is 7.24. The number of anilines is 1. The van der Waals surface area contributed by atoms with Crippen LogP contribution in [0.15, 0.2) is 36.4 Å². The smallest absolute Gasteiger partial charge is 0.319 e. The fourth-order valence-corrected chi connectivity index (χ4v) is 6.95. The Hall–Kier alpha value is -3.34. The van der Waals surface area contributed by atoms with Crippen molar-refractivity contribution in [1.29, 1.82) is 0 Å². The van der Waals surface area contributed by atoms with Gasteiger partial charge in [-0.05, 0) is 50.7 Å². The summed E-state index contributed by atoms with van der Waals surface area (Å²) in [6, 6.07) is 11.2. The second-order valence-corrected chi connectivity index (χ2v) is 12.0. The molecule has 2 aromatic carbocycles. The Morgan fingerprint density at radius 2 is 1.98 bits per heavy atom. The average molecular weight is 595 g/mol. The fraction of sp³-hybridized carbons (Fsp3) is 0.452. The van der Waals surface area contributed by atoms with Crippen LogP contribution >= 0.6 is 11.6 Å². The Morgan fingerprint density at radius 1 is 1.12 bits per heavy atom. The highest BCUT2D eigenvalue weighted by atomic mass is 35.5. The Bertz CT molecular complexity index is 1650. The monoisotopic (exact) mass is 594 g/mol. The second kappa shape index (κ2) is 11.1. The maximum Gasteiger partial charge on any atom is 0.319 e. The third kappa shape index (κ3) is 4.89. The van der Waals surface area contributed by atoms with Crippen molar-refractivity contribution in [2.75, 3.05) is 44.6 Å². The third-order valence-electron chi connectivity index (χ3n) is 8.71. The van der Waals surface area contributed by atoms with Crippen molar-refractivity contribution < 1.29 is 18.3 Å². The lowest BCUT2D eigenvalue weighted by Gasteiger charge is -2.30. The molecule has 42 heavy (non-hydrogen) atoms. The molecule has 7 rings (SSSR count). The molecule has 0 amide bonds. The minimum Gasteiger partial charge on any atom is -0.474 e. The number of aromatic nitrogens is 3. The molecule has 0 saturated carbocycles. The standard InChI is InChI=1S/C31H33ClF2N6O2/c1-18-9-11-35-12-13-36-28-24-27(38-30(39-28)41-17-31-10-4-14-40(31)16-20(33)15-31)25(34)26(37-29(24)42-18)21-7-2-5-19-6-3-8-22(32)23(19)21/h2-3,5-8,18,20,35H,4,9-17H2,1H3,(H,36,38,39)/t18-,20+,31?/m0/s1. The van der Waals surface area contributed by atoms with E-state index in [2.05, 4.69) is 25.5 Å². The van der Waals surface area contributed by atoms with Gasteiger partial charge in [0.1, 0.15) is 35.2 Å². The van der Waals surface area contributed by atoms with Gasteiger partial charge in [0.2, 0.25) is 5.88 Å². The summed E-state index contributed by atoms with van der Waals surface area (Å²) in [5.74, 6) is 0.00182. The largest absolute Gasteiger partial charge is 0.474 e. The molecule has 2 saturated heterocycles. The van der Waals surface area contributed by atoms with Gasteiger partial charge in [0.15, 0.2) is 5.82 Å². The normalized spacial score (nSPS) is 24.7. The van der Waals surface area contributed by atoms with E-state index < -0.39 is 12.0 Å².